The molecule has 0 amide bonds. The van der Waals surface area contributed by atoms with E-state index in [1.165, 1.54) is 17.0 Å². The summed E-state index contributed by atoms with van der Waals surface area (Å²) in [6.07, 6.45) is 2.71. The molecule has 28 heavy (non-hydrogen) atoms. The van der Waals surface area contributed by atoms with E-state index in [-0.39, 0.29) is 29.8 Å². The number of hydrogen-bond donors (Lipinski definition) is 1. The van der Waals surface area contributed by atoms with E-state index in [1.807, 2.05) is 18.0 Å². The molecule has 0 bridgehead atoms. The lowest BCUT2D eigenvalue weighted by molar-refractivity contribution is 0.370. The summed E-state index contributed by atoms with van der Waals surface area (Å²) in [4.78, 5) is 14.4. The van der Waals surface area contributed by atoms with Crippen LogP contribution in [0.2, 0.25) is 0 Å². The molecule has 1 aliphatic heterocycles. The Hall–Kier alpha value is -1.49. The fourth-order valence-corrected chi connectivity index (χ4v) is 3.86. The van der Waals surface area contributed by atoms with E-state index in [9.17, 15) is 8.78 Å². The lowest BCUT2D eigenvalue weighted by Crippen LogP contribution is -2.52. The number of thiazole rings is 1. The molecule has 1 aliphatic rings. The molecule has 1 aromatic carbocycles. The molecule has 0 radical (unpaired) electrons. The monoisotopic (exact) mass is 521 g/mol. The van der Waals surface area contributed by atoms with E-state index in [4.69, 9.17) is 4.99 Å². The van der Waals surface area contributed by atoms with Gasteiger partial charge in [0.2, 0.25) is 0 Å². The Morgan fingerprint density at radius 3 is 2.64 bits per heavy atom. The van der Waals surface area contributed by atoms with Crippen molar-refractivity contribution in [2.45, 2.75) is 20.3 Å². The molecule has 1 N–H and O–H groups in total. The maximum absolute atomic E-state index is 14.0. The first kappa shape index (κ1) is 22.8. The van der Waals surface area contributed by atoms with Crippen molar-refractivity contribution in [3.8, 4) is 0 Å². The van der Waals surface area contributed by atoms with Crippen LogP contribution in [-0.4, -0.2) is 55.1 Å². The van der Waals surface area contributed by atoms with Crippen LogP contribution in [0.1, 0.15) is 16.8 Å². The largest absolute Gasteiger partial charge is 0.366 e. The van der Waals surface area contributed by atoms with Gasteiger partial charge in [-0.2, -0.15) is 0 Å². The van der Waals surface area contributed by atoms with Gasteiger partial charge in [-0.25, -0.2) is 13.8 Å². The molecule has 154 valence electrons. The van der Waals surface area contributed by atoms with Crippen LogP contribution in [0, 0.1) is 18.6 Å². The Morgan fingerprint density at radius 1 is 1.25 bits per heavy atom. The molecule has 3 rings (SSSR count). The Balaban J connectivity index is 0.00000280. The predicted molar refractivity (Wildman–Crippen MR) is 122 cm³/mol. The lowest BCUT2D eigenvalue weighted by Gasteiger charge is -2.37. The number of aliphatic imine (C=N–C) groups is 1. The first-order valence-electron chi connectivity index (χ1n) is 9.21. The summed E-state index contributed by atoms with van der Waals surface area (Å²) in [5.41, 5.74) is 0.329. The molecule has 1 fully saturated rings. The Labute approximate surface area is 185 Å². The zero-order chi connectivity index (χ0) is 19.2. The van der Waals surface area contributed by atoms with Gasteiger partial charge in [-0.15, -0.1) is 35.3 Å². The number of rotatable bonds is 5. The predicted octanol–water partition coefficient (Wildman–Crippen LogP) is 3.68. The van der Waals surface area contributed by atoms with Gasteiger partial charge in [0.1, 0.15) is 11.6 Å². The second-order valence-electron chi connectivity index (χ2n) is 6.42. The number of guanidine groups is 1. The van der Waals surface area contributed by atoms with Crippen LogP contribution in [0.25, 0.3) is 0 Å². The number of hydrogen-bond acceptors (Lipinski definition) is 4. The molecule has 0 atom stereocenters. The third-order valence-electron chi connectivity index (χ3n) is 4.42. The highest BCUT2D eigenvalue weighted by molar-refractivity contribution is 14.0. The lowest BCUT2D eigenvalue weighted by atomic mass is 10.2. The van der Waals surface area contributed by atoms with E-state index in [0.29, 0.717) is 38.4 Å². The zero-order valence-corrected chi connectivity index (χ0v) is 19.3. The SMILES string of the molecule is CCNC(=NCCc1ncc(C)s1)N1CCN(c2cc(F)ccc2F)CC1.I. The van der Waals surface area contributed by atoms with E-state index < -0.39 is 5.82 Å². The number of halogens is 3. The summed E-state index contributed by atoms with van der Waals surface area (Å²) < 4.78 is 27.4. The third-order valence-corrected chi connectivity index (χ3v) is 5.39. The number of anilines is 1. The molecule has 5 nitrogen and oxygen atoms in total. The highest BCUT2D eigenvalue weighted by Gasteiger charge is 2.22. The highest BCUT2D eigenvalue weighted by atomic mass is 127. The number of piperazine rings is 1. The Morgan fingerprint density at radius 2 is 2.00 bits per heavy atom. The van der Waals surface area contributed by atoms with Crippen molar-refractivity contribution in [3.05, 3.63) is 45.9 Å². The second-order valence-corrected chi connectivity index (χ2v) is 7.74. The fraction of sp³-hybridized carbons (Fsp3) is 0.474. The van der Waals surface area contributed by atoms with Crippen LogP contribution in [-0.2, 0) is 6.42 Å². The second kappa shape index (κ2) is 10.9. The van der Waals surface area contributed by atoms with Crippen molar-refractivity contribution >= 4 is 47.0 Å². The van der Waals surface area contributed by atoms with Gasteiger partial charge in [0.15, 0.2) is 5.96 Å². The van der Waals surface area contributed by atoms with Crippen molar-refractivity contribution in [1.82, 2.24) is 15.2 Å². The number of nitrogens with one attached hydrogen (secondary N) is 1. The smallest absolute Gasteiger partial charge is 0.194 e. The summed E-state index contributed by atoms with van der Waals surface area (Å²) in [7, 11) is 0. The summed E-state index contributed by atoms with van der Waals surface area (Å²) in [5.74, 6) is 0.0652. The first-order chi connectivity index (χ1) is 13.1. The van der Waals surface area contributed by atoms with E-state index in [1.54, 1.807) is 11.3 Å². The molecule has 2 aromatic rings. The van der Waals surface area contributed by atoms with Gasteiger partial charge < -0.3 is 15.1 Å². The molecule has 0 saturated carbocycles. The minimum Gasteiger partial charge on any atom is -0.366 e. The van der Waals surface area contributed by atoms with Gasteiger partial charge in [0, 0.05) is 62.8 Å². The summed E-state index contributed by atoms with van der Waals surface area (Å²) >= 11 is 1.70. The van der Waals surface area contributed by atoms with Crippen molar-refractivity contribution in [2.75, 3.05) is 44.2 Å². The highest BCUT2D eigenvalue weighted by Crippen LogP contribution is 2.22. The third kappa shape index (κ3) is 6.00. The zero-order valence-electron chi connectivity index (χ0n) is 16.1. The van der Waals surface area contributed by atoms with E-state index in [2.05, 4.69) is 22.1 Å². The van der Waals surface area contributed by atoms with Crippen molar-refractivity contribution in [1.29, 1.82) is 0 Å². The first-order valence-corrected chi connectivity index (χ1v) is 10.0. The molecule has 0 aliphatic carbocycles. The van der Waals surface area contributed by atoms with Gasteiger partial charge in [0.25, 0.3) is 0 Å². The minimum atomic E-state index is -0.416. The number of nitrogens with zero attached hydrogens (tertiary/aromatic N) is 4. The fourth-order valence-electron chi connectivity index (χ4n) is 3.09. The average molecular weight is 521 g/mol. The number of aromatic nitrogens is 1. The molecule has 9 heteroatoms. The number of aryl methyl sites for hydroxylation is 1. The quantitative estimate of drug-likeness (QED) is 0.371. The molecular formula is C19H26F2IN5S. The minimum absolute atomic E-state index is 0. The van der Waals surface area contributed by atoms with Crippen LogP contribution in [0.4, 0.5) is 14.5 Å². The average Bonchev–Trinajstić information content (AvgIpc) is 3.08. The van der Waals surface area contributed by atoms with Crippen LogP contribution >= 0.6 is 35.3 Å². The van der Waals surface area contributed by atoms with E-state index in [0.717, 1.165) is 30.0 Å². The Kier molecular flexibility index (Phi) is 8.87. The van der Waals surface area contributed by atoms with Crippen LogP contribution in [0.15, 0.2) is 29.4 Å². The van der Waals surface area contributed by atoms with Gasteiger partial charge in [-0.05, 0) is 26.0 Å². The van der Waals surface area contributed by atoms with Gasteiger partial charge in [-0.1, -0.05) is 0 Å². The molecule has 0 unspecified atom stereocenters. The molecule has 1 saturated heterocycles. The van der Waals surface area contributed by atoms with Gasteiger partial charge in [0.05, 0.1) is 10.7 Å². The maximum atomic E-state index is 14.0. The summed E-state index contributed by atoms with van der Waals surface area (Å²) in [6.45, 7) is 8.21. The number of benzene rings is 1. The Bertz CT molecular complexity index is 790. The molecule has 1 aromatic heterocycles. The molecule has 0 spiro atoms. The normalized spacial score (nSPS) is 14.8. The van der Waals surface area contributed by atoms with Gasteiger partial charge >= 0.3 is 0 Å². The maximum Gasteiger partial charge on any atom is 0.194 e. The van der Waals surface area contributed by atoms with E-state index >= 15 is 0 Å². The van der Waals surface area contributed by atoms with Crippen molar-refractivity contribution in [3.63, 3.8) is 0 Å². The molecule has 2 heterocycles. The standard InChI is InChI=1S/C19H25F2N5S.HI/c1-3-22-19(23-7-6-18-24-13-14(2)27-18)26-10-8-25(9-11-26)17-12-15(20)4-5-16(17)21;/h4-5,12-13H,3,6-11H2,1-2H3,(H,22,23);1H. The van der Waals surface area contributed by atoms with Gasteiger partial charge in [-0.3, -0.25) is 4.99 Å². The van der Waals surface area contributed by atoms with Crippen LogP contribution in [0.5, 0.6) is 0 Å². The van der Waals surface area contributed by atoms with Crippen molar-refractivity contribution < 1.29 is 8.78 Å². The molecular weight excluding hydrogens is 495 g/mol. The van der Waals surface area contributed by atoms with Crippen molar-refractivity contribution in [2.24, 2.45) is 4.99 Å². The van der Waals surface area contributed by atoms with Crippen LogP contribution in [0.3, 0.4) is 0 Å². The summed E-state index contributed by atoms with van der Waals surface area (Å²) in [5, 5.41) is 4.42. The summed E-state index contributed by atoms with van der Waals surface area (Å²) in [6, 6.07) is 3.60. The topological polar surface area (TPSA) is 43.8 Å². The van der Waals surface area contributed by atoms with Crippen LogP contribution < -0.4 is 10.2 Å².